The van der Waals surface area contributed by atoms with Crippen molar-refractivity contribution in [1.82, 2.24) is 9.88 Å². The Morgan fingerprint density at radius 3 is 2.63 bits per heavy atom. The Bertz CT molecular complexity index is 589. The number of halogens is 2. The molecule has 0 aliphatic heterocycles. The van der Waals surface area contributed by atoms with Gasteiger partial charge < -0.3 is 4.90 Å². The number of pyridine rings is 1. The molecule has 0 radical (unpaired) electrons. The Kier molecular flexibility index (Phi) is 4.56. The highest BCUT2D eigenvalue weighted by Gasteiger charge is 2.15. The molecule has 0 fully saturated rings. The molecule has 0 saturated heterocycles. The van der Waals surface area contributed by atoms with Crippen LogP contribution in [0.1, 0.15) is 15.9 Å². The molecule has 1 aromatic carbocycles. The Balaban J connectivity index is 2.15. The summed E-state index contributed by atoms with van der Waals surface area (Å²) in [5, 5.41) is 0.597. The molecule has 0 saturated carbocycles. The van der Waals surface area contributed by atoms with Gasteiger partial charge in [0, 0.05) is 35.5 Å². The predicted octanol–water partition coefficient (Wildman–Crippen LogP) is 3.77. The van der Waals surface area contributed by atoms with E-state index in [2.05, 4.69) is 20.9 Å². The van der Waals surface area contributed by atoms with Gasteiger partial charge in [0.25, 0.3) is 5.91 Å². The molecule has 0 bridgehead atoms. The summed E-state index contributed by atoms with van der Waals surface area (Å²) in [6, 6.07) is 8.92. The fourth-order valence-corrected chi connectivity index (χ4v) is 2.55. The van der Waals surface area contributed by atoms with Gasteiger partial charge in [-0.2, -0.15) is 0 Å². The Labute approximate surface area is 125 Å². The van der Waals surface area contributed by atoms with Crippen LogP contribution in [-0.4, -0.2) is 22.8 Å². The highest BCUT2D eigenvalue weighted by Crippen LogP contribution is 2.23. The van der Waals surface area contributed by atoms with Crippen LogP contribution in [0.5, 0.6) is 0 Å². The molecule has 0 spiro atoms. The third-order valence-corrected chi connectivity index (χ3v) is 3.57. The molecule has 5 heteroatoms. The van der Waals surface area contributed by atoms with Gasteiger partial charge in [-0.15, -0.1) is 0 Å². The van der Waals surface area contributed by atoms with Crippen LogP contribution >= 0.6 is 27.5 Å². The molecule has 0 aliphatic carbocycles. The van der Waals surface area contributed by atoms with Crippen LogP contribution in [0.3, 0.4) is 0 Å². The number of aromatic nitrogens is 1. The zero-order valence-electron chi connectivity index (χ0n) is 10.3. The van der Waals surface area contributed by atoms with E-state index in [-0.39, 0.29) is 5.91 Å². The predicted molar refractivity (Wildman–Crippen MR) is 79.2 cm³/mol. The number of nitrogens with zero attached hydrogens (tertiary/aromatic N) is 2. The number of benzene rings is 1. The summed E-state index contributed by atoms with van der Waals surface area (Å²) < 4.78 is 0.701. The van der Waals surface area contributed by atoms with Gasteiger partial charge in [-0.3, -0.25) is 9.78 Å². The molecular formula is C14H12BrClN2O. The molecule has 0 aliphatic rings. The number of hydrogen-bond donors (Lipinski definition) is 0. The minimum Gasteiger partial charge on any atom is -0.337 e. The smallest absolute Gasteiger partial charge is 0.255 e. The lowest BCUT2D eigenvalue weighted by Crippen LogP contribution is -2.26. The summed E-state index contributed by atoms with van der Waals surface area (Å²) in [5.74, 6) is -0.0552. The first-order chi connectivity index (χ1) is 9.08. The SMILES string of the molecule is CN(Cc1ccncc1)C(=O)c1ccc(Cl)cc1Br. The normalized spacial score (nSPS) is 10.3. The minimum absolute atomic E-state index is 0.0552. The average molecular weight is 340 g/mol. The van der Waals surface area contributed by atoms with Gasteiger partial charge in [0.15, 0.2) is 0 Å². The second kappa shape index (κ2) is 6.17. The van der Waals surface area contributed by atoms with E-state index < -0.39 is 0 Å². The summed E-state index contributed by atoms with van der Waals surface area (Å²) in [6.45, 7) is 0.538. The second-order valence-electron chi connectivity index (χ2n) is 4.14. The maximum absolute atomic E-state index is 12.3. The molecule has 2 aromatic rings. The van der Waals surface area contributed by atoms with Crippen molar-refractivity contribution in [2.24, 2.45) is 0 Å². The van der Waals surface area contributed by atoms with Crippen LogP contribution < -0.4 is 0 Å². The lowest BCUT2D eigenvalue weighted by atomic mass is 10.2. The van der Waals surface area contributed by atoms with Gasteiger partial charge in [-0.25, -0.2) is 0 Å². The molecular weight excluding hydrogens is 328 g/mol. The van der Waals surface area contributed by atoms with Crippen molar-refractivity contribution in [3.63, 3.8) is 0 Å². The zero-order valence-corrected chi connectivity index (χ0v) is 12.6. The highest BCUT2D eigenvalue weighted by atomic mass is 79.9. The van der Waals surface area contributed by atoms with Crippen molar-refractivity contribution >= 4 is 33.4 Å². The van der Waals surface area contributed by atoms with Crippen LogP contribution in [-0.2, 0) is 6.54 Å². The summed E-state index contributed by atoms with van der Waals surface area (Å²) in [5.41, 5.74) is 1.64. The standard InChI is InChI=1S/C14H12BrClN2O/c1-18(9-10-4-6-17-7-5-10)14(19)12-3-2-11(16)8-13(12)15/h2-8H,9H2,1H3. The van der Waals surface area contributed by atoms with Crippen LogP contribution in [0.15, 0.2) is 47.2 Å². The fraction of sp³-hybridized carbons (Fsp3) is 0.143. The third kappa shape index (κ3) is 3.55. The van der Waals surface area contributed by atoms with E-state index >= 15 is 0 Å². The van der Waals surface area contributed by atoms with Crippen LogP contribution in [0.4, 0.5) is 0 Å². The molecule has 1 heterocycles. The van der Waals surface area contributed by atoms with Gasteiger partial charge in [-0.1, -0.05) is 11.6 Å². The zero-order chi connectivity index (χ0) is 13.8. The van der Waals surface area contributed by atoms with Crippen molar-refractivity contribution in [2.45, 2.75) is 6.54 Å². The van der Waals surface area contributed by atoms with E-state index in [1.165, 1.54) is 0 Å². The molecule has 19 heavy (non-hydrogen) atoms. The number of carbonyl (C=O) groups is 1. The highest BCUT2D eigenvalue weighted by molar-refractivity contribution is 9.10. The quantitative estimate of drug-likeness (QED) is 0.853. The number of rotatable bonds is 3. The Morgan fingerprint density at radius 1 is 1.32 bits per heavy atom. The summed E-state index contributed by atoms with van der Waals surface area (Å²) in [7, 11) is 1.77. The van der Waals surface area contributed by atoms with Gasteiger partial charge in [0.1, 0.15) is 0 Å². The van der Waals surface area contributed by atoms with Gasteiger partial charge >= 0.3 is 0 Å². The Hall–Kier alpha value is -1.39. The van der Waals surface area contributed by atoms with E-state index in [1.54, 1.807) is 42.5 Å². The first-order valence-corrected chi connectivity index (χ1v) is 6.84. The first-order valence-electron chi connectivity index (χ1n) is 5.67. The van der Waals surface area contributed by atoms with Crippen molar-refractivity contribution < 1.29 is 4.79 Å². The molecule has 1 aromatic heterocycles. The number of hydrogen-bond acceptors (Lipinski definition) is 2. The lowest BCUT2D eigenvalue weighted by Gasteiger charge is -2.18. The van der Waals surface area contributed by atoms with E-state index in [1.807, 2.05) is 12.1 Å². The third-order valence-electron chi connectivity index (χ3n) is 2.68. The van der Waals surface area contributed by atoms with E-state index in [0.717, 1.165) is 5.56 Å². The number of carbonyl (C=O) groups excluding carboxylic acids is 1. The Morgan fingerprint density at radius 2 is 2.00 bits per heavy atom. The van der Waals surface area contributed by atoms with Crippen molar-refractivity contribution in [3.8, 4) is 0 Å². The maximum atomic E-state index is 12.3. The number of amides is 1. The monoisotopic (exact) mass is 338 g/mol. The van der Waals surface area contributed by atoms with Crippen LogP contribution in [0, 0.1) is 0 Å². The molecule has 3 nitrogen and oxygen atoms in total. The van der Waals surface area contributed by atoms with Crippen molar-refractivity contribution in [3.05, 3.63) is 63.3 Å². The molecule has 0 N–H and O–H groups in total. The molecule has 0 atom stereocenters. The van der Waals surface area contributed by atoms with Crippen molar-refractivity contribution in [2.75, 3.05) is 7.05 Å². The average Bonchev–Trinajstić information content (AvgIpc) is 2.39. The minimum atomic E-state index is -0.0552. The van der Waals surface area contributed by atoms with E-state index in [4.69, 9.17) is 11.6 Å². The lowest BCUT2D eigenvalue weighted by molar-refractivity contribution is 0.0784. The topological polar surface area (TPSA) is 33.2 Å². The van der Waals surface area contributed by atoms with Gasteiger partial charge in [0.05, 0.1) is 5.56 Å². The van der Waals surface area contributed by atoms with E-state index in [0.29, 0.717) is 21.6 Å². The van der Waals surface area contributed by atoms with Gasteiger partial charge in [-0.05, 0) is 51.8 Å². The summed E-state index contributed by atoms with van der Waals surface area (Å²) in [6.07, 6.45) is 3.43. The molecule has 98 valence electrons. The molecule has 2 rings (SSSR count). The van der Waals surface area contributed by atoms with Crippen LogP contribution in [0.2, 0.25) is 5.02 Å². The largest absolute Gasteiger partial charge is 0.337 e. The van der Waals surface area contributed by atoms with Crippen molar-refractivity contribution in [1.29, 1.82) is 0 Å². The maximum Gasteiger partial charge on any atom is 0.255 e. The summed E-state index contributed by atoms with van der Waals surface area (Å²) in [4.78, 5) is 17.9. The fourth-order valence-electron chi connectivity index (χ4n) is 1.70. The van der Waals surface area contributed by atoms with Crippen LogP contribution in [0.25, 0.3) is 0 Å². The molecule has 0 unspecified atom stereocenters. The van der Waals surface area contributed by atoms with E-state index in [9.17, 15) is 4.79 Å². The molecule has 1 amide bonds. The second-order valence-corrected chi connectivity index (χ2v) is 5.43. The van der Waals surface area contributed by atoms with Gasteiger partial charge in [0.2, 0.25) is 0 Å². The summed E-state index contributed by atoms with van der Waals surface area (Å²) >= 11 is 9.23. The first kappa shape index (κ1) is 14.0.